The van der Waals surface area contributed by atoms with Gasteiger partial charge in [0.25, 0.3) is 0 Å². The lowest BCUT2D eigenvalue weighted by Crippen LogP contribution is -2.29. The van der Waals surface area contributed by atoms with Crippen LogP contribution in [-0.2, 0) is 10.0 Å². The number of nitrogens with zero attached hydrogens (tertiary/aromatic N) is 3. The Balaban J connectivity index is 2.29. The third-order valence-electron chi connectivity index (χ3n) is 2.93. The fourth-order valence-electron chi connectivity index (χ4n) is 1.61. The second kappa shape index (κ2) is 5.83. The molecule has 2 aromatic heterocycles. The molecule has 0 saturated heterocycles. The molecular formula is C11H15N5O2S2. The average Bonchev–Trinajstić information content (AvgIpc) is 3.00. The number of nitrogens with one attached hydrogen (secondary N) is 1. The first-order valence-corrected chi connectivity index (χ1v) is 8.09. The van der Waals surface area contributed by atoms with Gasteiger partial charge in [-0.1, -0.05) is 6.07 Å². The van der Waals surface area contributed by atoms with Crippen LogP contribution < -0.4 is 11.3 Å². The van der Waals surface area contributed by atoms with E-state index in [9.17, 15) is 8.42 Å². The molecule has 1 atom stereocenters. The van der Waals surface area contributed by atoms with Crippen molar-refractivity contribution in [2.24, 2.45) is 5.84 Å². The summed E-state index contributed by atoms with van der Waals surface area (Å²) < 4.78 is 26.2. The zero-order chi connectivity index (χ0) is 14.8. The van der Waals surface area contributed by atoms with E-state index in [0.29, 0.717) is 0 Å². The summed E-state index contributed by atoms with van der Waals surface area (Å²) in [4.78, 5) is 8.63. The maximum atomic E-state index is 12.5. The van der Waals surface area contributed by atoms with Crippen LogP contribution in [0.3, 0.4) is 0 Å². The topological polar surface area (TPSA) is 101 Å². The van der Waals surface area contributed by atoms with Gasteiger partial charge in [0.2, 0.25) is 16.0 Å². The van der Waals surface area contributed by atoms with E-state index >= 15 is 0 Å². The molecule has 1 unspecified atom stereocenters. The number of nitrogens with two attached hydrogens (primary N) is 1. The molecule has 0 spiro atoms. The van der Waals surface area contributed by atoms with Gasteiger partial charge in [-0.2, -0.15) is 4.31 Å². The van der Waals surface area contributed by atoms with E-state index in [4.69, 9.17) is 5.84 Å². The Morgan fingerprint density at radius 2 is 2.05 bits per heavy atom. The van der Waals surface area contributed by atoms with Crippen molar-refractivity contribution in [1.82, 2.24) is 14.3 Å². The van der Waals surface area contributed by atoms with E-state index in [2.05, 4.69) is 15.4 Å². The Kier molecular flexibility index (Phi) is 4.33. The Bertz CT molecular complexity index is 655. The lowest BCUT2D eigenvalue weighted by molar-refractivity contribution is 0.402. The van der Waals surface area contributed by atoms with Crippen LogP contribution in [0.1, 0.15) is 17.8 Å². The molecule has 0 saturated carbocycles. The summed E-state index contributed by atoms with van der Waals surface area (Å²) in [6, 6.07) is 3.54. The quantitative estimate of drug-likeness (QED) is 0.635. The highest BCUT2D eigenvalue weighted by atomic mass is 32.2. The Hall–Kier alpha value is -1.55. The molecule has 2 aromatic rings. The molecule has 2 heterocycles. The van der Waals surface area contributed by atoms with Crippen LogP contribution in [0.15, 0.2) is 34.8 Å². The van der Waals surface area contributed by atoms with E-state index in [1.807, 2.05) is 24.4 Å². The van der Waals surface area contributed by atoms with Gasteiger partial charge in [0.15, 0.2) is 0 Å². The predicted molar refractivity (Wildman–Crippen MR) is 77.5 cm³/mol. The monoisotopic (exact) mass is 313 g/mol. The highest BCUT2D eigenvalue weighted by Crippen LogP contribution is 2.28. The fourth-order valence-corrected chi connectivity index (χ4v) is 3.73. The summed E-state index contributed by atoms with van der Waals surface area (Å²) in [5.41, 5.74) is 2.25. The predicted octanol–water partition coefficient (Wildman–Crippen LogP) is 1.21. The first-order chi connectivity index (χ1) is 9.46. The molecule has 0 aliphatic carbocycles. The third-order valence-corrected chi connectivity index (χ3v) is 5.86. The minimum atomic E-state index is -3.64. The minimum absolute atomic E-state index is 0.0300. The van der Waals surface area contributed by atoms with Crippen LogP contribution in [0.25, 0.3) is 0 Å². The molecule has 0 fully saturated rings. The van der Waals surface area contributed by atoms with Crippen molar-refractivity contribution < 1.29 is 8.42 Å². The number of hydrazine groups is 1. The third kappa shape index (κ3) is 2.80. The van der Waals surface area contributed by atoms with Gasteiger partial charge >= 0.3 is 0 Å². The second-order valence-electron chi connectivity index (χ2n) is 4.10. The number of thiophene rings is 1. The summed E-state index contributed by atoms with van der Waals surface area (Å²) >= 11 is 1.51. The molecule has 108 valence electrons. The van der Waals surface area contributed by atoms with Crippen molar-refractivity contribution in [3.05, 3.63) is 34.8 Å². The van der Waals surface area contributed by atoms with Gasteiger partial charge in [0.05, 0.1) is 18.4 Å². The number of hydrogen-bond donors (Lipinski definition) is 2. The highest BCUT2D eigenvalue weighted by Gasteiger charge is 2.27. The van der Waals surface area contributed by atoms with E-state index in [-0.39, 0.29) is 16.9 Å². The van der Waals surface area contributed by atoms with Crippen molar-refractivity contribution in [3.63, 3.8) is 0 Å². The van der Waals surface area contributed by atoms with Gasteiger partial charge in [-0.3, -0.25) is 5.43 Å². The molecule has 0 radical (unpaired) electrons. The molecule has 7 nitrogen and oxygen atoms in total. The van der Waals surface area contributed by atoms with Gasteiger partial charge in [0.1, 0.15) is 4.90 Å². The Morgan fingerprint density at radius 3 is 2.55 bits per heavy atom. The maximum absolute atomic E-state index is 12.5. The number of aromatic nitrogens is 2. The first kappa shape index (κ1) is 14.9. The van der Waals surface area contributed by atoms with Crippen LogP contribution in [0.5, 0.6) is 0 Å². The van der Waals surface area contributed by atoms with E-state index in [1.54, 1.807) is 0 Å². The Labute approximate surface area is 121 Å². The summed E-state index contributed by atoms with van der Waals surface area (Å²) in [5.74, 6) is 5.31. The van der Waals surface area contributed by atoms with E-state index in [1.165, 1.54) is 35.1 Å². The zero-order valence-electron chi connectivity index (χ0n) is 11.0. The molecule has 0 bridgehead atoms. The van der Waals surface area contributed by atoms with Crippen LogP contribution in [0.2, 0.25) is 0 Å². The summed E-state index contributed by atoms with van der Waals surface area (Å²) in [6.07, 6.45) is 2.46. The standard InChI is InChI=1S/C11H15N5O2S2/c1-8(10-4-3-5-19-10)16(2)20(17,18)9-6-13-11(15-12)14-7-9/h3-8H,12H2,1-2H3,(H,13,14,15). The van der Waals surface area contributed by atoms with Crippen LogP contribution in [0.4, 0.5) is 5.95 Å². The lowest BCUT2D eigenvalue weighted by Gasteiger charge is -2.23. The van der Waals surface area contributed by atoms with Crippen molar-refractivity contribution in [1.29, 1.82) is 0 Å². The molecule has 0 aliphatic rings. The molecule has 2 rings (SSSR count). The number of nitrogen functional groups attached to an aromatic ring is 1. The maximum Gasteiger partial charge on any atom is 0.246 e. The minimum Gasteiger partial charge on any atom is -0.292 e. The van der Waals surface area contributed by atoms with Gasteiger partial charge < -0.3 is 0 Å². The summed E-state index contributed by atoms with van der Waals surface area (Å²) in [5, 5.41) is 1.91. The smallest absolute Gasteiger partial charge is 0.246 e. The molecule has 20 heavy (non-hydrogen) atoms. The van der Waals surface area contributed by atoms with Crippen molar-refractivity contribution in [2.75, 3.05) is 12.5 Å². The number of rotatable bonds is 5. The van der Waals surface area contributed by atoms with E-state index < -0.39 is 10.0 Å². The number of anilines is 1. The Morgan fingerprint density at radius 1 is 1.40 bits per heavy atom. The molecule has 0 amide bonds. The van der Waals surface area contributed by atoms with Crippen LogP contribution in [0, 0.1) is 0 Å². The largest absolute Gasteiger partial charge is 0.292 e. The normalized spacial score (nSPS) is 13.4. The fraction of sp³-hybridized carbons (Fsp3) is 0.273. The SMILES string of the molecule is CC(c1cccs1)N(C)S(=O)(=O)c1cnc(NN)nc1. The zero-order valence-corrected chi connectivity index (χ0v) is 12.6. The van der Waals surface area contributed by atoms with Crippen molar-refractivity contribution in [2.45, 2.75) is 17.9 Å². The molecule has 0 aliphatic heterocycles. The van der Waals surface area contributed by atoms with Crippen LogP contribution in [-0.4, -0.2) is 29.7 Å². The van der Waals surface area contributed by atoms with Crippen LogP contribution >= 0.6 is 11.3 Å². The van der Waals surface area contributed by atoms with Gasteiger partial charge in [-0.15, -0.1) is 11.3 Å². The lowest BCUT2D eigenvalue weighted by atomic mass is 10.3. The molecule has 0 aromatic carbocycles. The number of sulfonamides is 1. The summed E-state index contributed by atoms with van der Waals surface area (Å²) in [7, 11) is -2.11. The van der Waals surface area contributed by atoms with Gasteiger partial charge in [-0.05, 0) is 18.4 Å². The molecular weight excluding hydrogens is 298 g/mol. The van der Waals surface area contributed by atoms with Gasteiger partial charge in [-0.25, -0.2) is 24.2 Å². The molecule has 9 heteroatoms. The first-order valence-electron chi connectivity index (χ1n) is 5.77. The van der Waals surface area contributed by atoms with E-state index in [0.717, 1.165) is 4.88 Å². The summed E-state index contributed by atoms with van der Waals surface area (Å²) in [6.45, 7) is 1.83. The number of hydrogen-bond acceptors (Lipinski definition) is 7. The highest BCUT2D eigenvalue weighted by molar-refractivity contribution is 7.89. The average molecular weight is 313 g/mol. The molecule has 3 N–H and O–H groups in total. The van der Waals surface area contributed by atoms with Crippen molar-refractivity contribution >= 4 is 27.3 Å². The van der Waals surface area contributed by atoms with Gasteiger partial charge in [0, 0.05) is 11.9 Å². The van der Waals surface area contributed by atoms with Crippen molar-refractivity contribution in [3.8, 4) is 0 Å². The second-order valence-corrected chi connectivity index (χ2v) is 7.08.